The van der Waals surface area contributed by atoms with Crippen LogP contribution in [0.1, 0.15) is 24.2 Å². The molecule has 0 spiro atoms. The molecule has 0 saturated carbocycles. The second-order valence-corrected chi connectivity index (χ2v) is 7.61. The van der Waals surface area contributed by atoms with Crippen LogP contribution in [0.15, 0.2) is 33.3 Å². The molecule has 1 aromatic heterocycles. The summed E-state index contributed by atoms with van der Waals surface area (Å²) in [5, 5.41) is 7.47. The van der Waals surface area contributed by atoms with Crippen molar-refractivity contribution in [3.8, 4) is 5.75 Å². The van der Waals surface area contributed by atoms with Crippen molar-refractivity contribution in [1.82, 2.24) is 10.3 Å². The number of rotatable bonds is 4. The highest BCUT2D eigenvalue weighted by molar-refractivity contribution is 7.93. The van der Waals surface area contributed by atoms with Gasteiger partial charge in [0, 0.05) is 17.6 Å². The lowest BCUT2D eigenvalue weighted by Crippen LogP contribution is -2.00. The minimum atomic E-state index is -2.06. The molecule has 0 bridgehead atoms. The van der Waals surface area contributed by atoms with E-state index in [9.17, 15) is 4.21 Å². The van der Waals surface area contributed by atoms with Crippen molar-refractivity contribution in [1.29, 1.82) is 0 Å². The van der Waals surface area contributed by atoms with Crippen LogP contribution in [0.25, 0.3) is 0 Å². The molecule has 6 nitrogen and oxygen atoms in total. The summed E-state index contributed by atoms with van der Waals surface area (Å²) in [5.74, 6) is 2.06. The average molecular weight is 307 g/mol. The molecule has 7 heteroatoms. The number of ether oxygens (including phenoxy) is 1. The summed E-state index contributed by atoms with van der Waals surface area (Å²) in [4.78, 5) is 0. The predicted molar refractivity (Wildman–Crippen MR) is 79.0 cm³/mol. The maximum Gasteiger partial charge on any atom is 0.145 e. The molecular formula is C14H17N3O3S. The van der Waals surface area contributed by atoms with Gasteiger partial charge in [0.15, 0.2) is 0 Å². The largest absolute Gasteiger partial charge is 0.487 e. The Morgan fingerprint density at radius 3 is 2.86 bits per heavy atom. The molecule has 1 fully saturated rings. The Balaban J connectivity index is 1.74. The molecule has 0 radical (unpaired) electrons. The Morgan fingerprint density at radius 2 is 2.14 bits per heavy atom. The van der Waals surface area contributed by atoms with Crippen LogP contribution < -0.4 is 4.74 Å². The van der Waals surface area contributed by atoms with Gasteiger partial charge in [0.05, 0.1) is 15.4 Å². The molecule has 21 heavy (non-hydrogen) atoms. The number of aryl methyl sites for hydroxylation is 1. The van der Waals surface area contributed by atoms with E-state index in [4.69, 9.17) is 4.74 Å². The Kier molecular flexibility index (Phi) is 3.92. The van der Waals surface area contributed by atoms with Crippen molar-refractivity contribution in [3.63, 3.8) is 0 Å². The first-order valence-corrected chi connectivity index (χ1v) is 8.73. The SMILES string of the molecule is Cc1nonc1COc1cccc(N=S2(=O)CCCC2)c1. The number of hydrogen-bond donors (Lipinski definition) is 0. The first kappa shape index (κ1) is 14.1. The van der Waals surface area contributed by atoms with Gasteiger partial charge in [-0.3, -0.25) is 0 Å². The number of hydrogen-bond acceptors (Lipinski definition) is 6. The first-order chi connectivity index (χ1) is 10.1. The lowest BCUT2D eigenvalue weighted by Gasteiger charge is -2.06. The van der Waals surface area contributed by atoms with Crippen LogP contribution in [0.2, 0.25) is 0 Å². The topological polar surface area (TPSA) is 77.6 Å². The molecular weight excluding hydrogens is 290 g/mol. The Bertz CT molecular complexity index is 735. The van der Waals surface area contributed by atoms with Crippen molar-refractivity contribution in [2.24, 2.45) is 4.36 Å². The van der Waals surface area contributed by atoms with Crippen LogP contribution in [0.4, 0.5) is 5.69 Å². The molecule has 0 atom stereocenters. The molecule has 112 valence electrons. The van der Waals surface area contributed by atoms with E-state index >= 15 is 0 Å². The zero-order valence-electron chi connectivity index (χ0n) is 11.8. The fourth-order valence-electron chi connectivity index (χ4n) is 2.20. The van der Waals surface area contributed by atoms with Gasteiger partial charge in [-0.2, -0.15) is 4.36 Å². The van der Waals surface area contributed by atoms with E-state index in [1.54, 1.807) is 6.07 Å². The summed E-state index contributed by atoms with van der Waals surface area (Å²) in [6, 6.07) is 7.33. The third-order valence-electron chi connectivity index (χ3n) is 3.39. The predicted octanol–water partition coefficient (Wildman–Crippen LogP) is 2.85. The normalized spacial score (nSPS) is 16.8. The van der Waals surface area contributed by atoms with Crippen molar-refractivity contribution in [2.75, 3.05) is 11.5 Å². The Morgan fingerprint density at radius 1 is 1.33 bits per heavy atom. The summed E-state index contributed by atoms with van der Waals surface area (Å²) < 4.78 is 27.1. The van der Waals surface area contributed by atoms with Crippen molar-refractivity contribution < 1.29 is 13.6 Å². The number of nitrogens with zero attached hydrogens (tertiary/aromatic N) is 3. The van der Waals surface area contributed by atoms with Gasteiger partial charge in [-0.1, -0.05) is 16.4 Å². The van der Waals surface area contributed by atoms with Crippen LogP contribution in [-0.2, 0) is 16.3 Å². The highest BCUT2D eigenvalue weighted by atomic mass is 32.2. The van der Waals surface area contributed by atoms with Gasteiger partial charge in [-0.15, -0.1) is 0 Å². The second kappa shape index (κ2) is 5.85. The van der Waals surface area contributed by atoms with E-state index in [1.165, 1.54) is 0 Å². The van der Waals surface area contributed by atoms with Crippen LogP contribution in [0.3, 0.4) is 0 Å². The van der Waals surface area contributed by atoms with Crippen LogP contribution in [0, 0.1) is 6.92 Å². The average Bonchev–Trinajstić information content (AvgIpc) is 3.06. The minimum Gasteiger partial charge on any atom is -0.487 e. The lowest BCUT2D eigenvalue weighted by molar-refractivity contribution is 0.270. The minimum absolute atomic E-state index is 0.286. The van der Waals surface area contributed by atoms with E-state index in [1.807, 2.05) is 25.1 Å². The molecule has 2 heterocycles. The summed E-state index contributed by atoms with van der Waals surface area (Å²) >= 11 is 0. The van der Waals surface area contributed by atoms with E-state index in [0.29, 0.717) is 34.3 Å². The van der Waals surface area contributed by atoms with Gasteiger partial charge in [0.2, 0.25) is 0 Å². The van der Waals surface area contributed by atoms with Crippen LogP contribution in [0.5, 0.6) is 5.75 Å². The summed E-state index contributed by atoms with van der Waals surface area (Å²) in [6.07, 6.45) is 1.99. The molecule has 2 aromatic rings. The quantitative estimate of drug-likeness (QED) is 0.868. The molecule has 0 unspecified atom stereocenters. The highest BCUT2D eigenvalue weighted by Gasteiger charge is 2.16. The van der Waals surface area contributed by atoms with Gasteiger partial charge < -0.3 is 4.74 Å². The third-order valence-corrected chi connectivity index (χ3v) is 5.78. The molecule has 0 N–H and O–H groups in total. The van der Waals surface area contributed by atoms with Crippen LogP contribution >= 0.6 is 0 Å². The molecule has 1 aliphatic heterocycles. The molecule has 1 aromatic carbocycles. The fourth-order valence-corrected chi connectivity index (χ4v) is 4.40. The Hall–Kier alpha value is -1.89. The van der Waals surface area contributed by atoms with E-state index in [0.717, 1.165) is 12.8 Å². The van der Waals surface area contributed by atoms with Crippen molar-refractivity contribution >= 4 is 15.4 Å². The maximum absolute atomic E-state index is 12.4. The Labute approximate surface area is 123 Å². The zero-order valence-corrected chi connectivity index (χ0v) is 12.6. The summed E-state index contributed by atoms with van der Waals surface area (Å²) in [7, 11) is -2.06. The summed E-state index contributed by atoms with van der Waals surface area (Å²) in [5.41, 5.74) is 2.08. The standard InChI is InChI=1S/C14H17N3O3S/c1-11-14(16-20-15-11)10-19-13-6-4-5-12(9-13)17-21(18)7-2-3-8-21/h4-6,9H,2-3,7-8,10H2,1H3. The first-order valence-electron chi connectivity index (χ1n) is 6.88. The van der Waals surface area contributed by atoms with E-state index in [2.05, 4.69) is 19.3 Å². The molecule has 3 rings (SSSR count). The van der Waals surface area contributed by atoms with Crippen molar-refractivity contribution in [3.05, 3.63) is 35.7 Å². The lowest BCUT2D eigenvalue weighted by atomic mass is 10.3. The summed E-state index contributed by atoms with van der Waals surface area (Å²) in [6.45, 7) is 2.10. The molecule has 1 aliphatic rings. The maximum atomic E-state index is 12.4. The zero-order chi connectivity index (χ0) is 14.7. The van der Waals surface area contributed by atoms with Crippen LogP contribution in [-0.4, -0.2) is 26.0 Å². The van der Waals surface area contributed by atoms with Gasteiger partial charge in [-0.25, -0.2) is 8.84 Å². The third kappa shape index (κ3) is 3.41. The second-order valence-electron chi connectivity index (χ2n) is 5.06. The van der Waals surface area contributed by atoms with Gasteiger partial charge >= 0.3 is 0 Å². The molecule has 0 amide bonds. The molecule has 1 saturated heterocycles. The molecule has 0 aliphatic carbocycles. The number of benzene rings is 1. The highest BCUT2D eigenvalue weighted by Crippen LogP contribution is 2.25. The number of aromatic nitrogens is 2. The van der Waals surface area contributed by atoms with Gasteiger partial charge in [-0.05, 0) is 31.9 Å². The van der Waals surface area contributed by atoms with E-state index < -0.39 is 9.73 Å². The smallest absolute Gasteiger partial charge is 0.145 e. The van der Waals surface area contributed by atoms with Crippen molar-refractivity contribution in [2.45, 2.75) is 26.4 Å². The fraction of sp³-hybridized carbons (Fsp3) is 0.429. The van der Waals surface area contributed by atoms with E-state index in [-0.39, 0.29) is 6.61 Å². The van der Waals surface area contributed by atoms with Gasteiger partial charge in [0.25, 0.3) is 0 Å². The van der Waals surface area contributed by atoms with Gasteiger partial charge in [0.1, 0.15) is 23.7 Å². The monoisotopic (exact) mass is 307 g/mol.